The summed E-state index contributed by atoms with van der Waals surface area (Å²) in [5, 5.41) is 11.9. The monoisotopic (exact) mass is 487 g/mol. The number of nitrogens with zero attached hydrogens (tertiary/aromatic N) is 1. The van der Waals surface area contributed by atoms with Crippen LogP contribution in [0.1, 0.15) is 48.0 Å². The molecular weight excluding hydrogens is 458 g/mol. The molecule has 1 aliphatic rings. The summed E-state index contributed by atoms with van der Waals surface area (Å²) < 4.78 is 6.37. The number of carboxylic acids is 1. The number of anilines is 2. The predicted molar refractivity (Wildman–Crippen MR) is 145 cm³/mol. The standard InChI is InChI=1S/C30H29NO3.ClH/c1-21(26-13-7-10-22-9-2-3-12-27(22)26)8-6-11-25-20-31(28-14-4-5-15-29(28)34-25)24-18-16-23(17-19-24)30(32)33;/h2-5,7,9-10,12-19,21,25H,6,8,11,20H2,1H3,(H,32,33);1H/t21-,25?;/m0./s1. The minimum atomic E-state index is -0.910. The van der Waals surface area contributed by atoms with Crippen LogP contribution in [0.15, 0.2) is 91.0 Å². The van der Waals surface area contributed by atoms with Crippen molar-refractivity contribution in [3.05, 3.63) is 102 Å². The second-order valence-corrected chi connectivity index (χ2v) is 9.07. The molecule has 5 rings (SSSR count). The summed E-state index contributed by atoms with van der Waals surface area (Å²) in [5.74, 6) is 0.442. The van der Waals surface area contributed by atoms with Crippen LogP contribution in [0.2, 0.25) is 0 Å². The zero-order valence-corrected chi connectivity index (χ0v) is 20.6. The van der Waals surface area contributed by atoms with Crippen molar-refractivity contribution < 1.29 is 14.6 Å². The van der Waals surface area contributed by atoms with E-state index in [1.807, 2.05) is 30.3 Å². The van der Waals surface area contributed by atoms with Crippen LogP contribution in [0.5, 0.6) is 5.75 Å². The molecule has 0 aliphatic carbocycles. The number of benzene rings is 4. The highest BCUT2D eigenvalue weighted by atomic mass is 35.5. The minimum absolute atomic E-state index is 0. The Balaban J connectivity index is 0.00000289. The van der Waals surface area contributed by atoms with E-state index in [0.717, 1.165) is 42.9 Å². The molecule has 4 aromatic rings. The Labute approximate surface area is 212 Å². The lowest BCUT2D eigenvalue weighted by Gasteiger charge is -2.36. The van der Waals surface area contributed by atoms with Crippen LogP contribution in [0.3, 0.4) is 0 Å². The molecule has 0 bridgehead atoms. The molecule has 0 spiro atoms. The molecule has 2 atom stereocenters. The summed E-state index contributed by atoms with van der Waals surface area (Å²) in [7, 11) is 0. The molecule has 0 aromatic heterocycles. The maximum absolute atomic E-state index is 11.3. The molecule has 0 amide bonds. The van der Waals surface area contributed by atoms with Crippen molar-refractivity contribution in [2.45, 2.75) is 38.2 Å². The zero-order chi connectivity index (χ0) is 23.5. The maximum atomic E-state index is 11.3. The summed E-state index contributed by atoms with van der Waals surface area (Å²) in [5.41, 5.74) is 3.71. The highest BCUT2D eigenvalue weighted by Crippen LogP contribution is 2.39. The Morgan fingerprint density at radius 2 is 1.69 bits per heavy atom. The van der Waals surface area contributed by atoms with E-state index in [1.54, 1.807) is 12.1 Å². The van der Waals surface area contributed by atoms with Gasteiger partial charge in [0.15, 0.2) is 0 Å². The number of hydrogen-bond donors (Lipinski definition) is 1. The first kappa shape index (κ1) is 24.6. The molecule has 180 valence electrons. The van der Waals surface area contributed by atoms with Gasteiger partial charge in [0.1, 0.15) is 11.9 Å². The van der Waals surface area contributed by atoms with Gasteiger partial charge in [-0.25, -0.2) is 4.79 Å². The third kappa shape index (κ3) is 5.28. The average molecular weight is 488 g/mol. The second kappa shape index (κ2) is 10.8. The van der Waals surface area contributed by atoms with E-state index in [0.29, 0.717) is 11.5 Å². The van der Waals surface area contributed by atoms with E-state index in [4.69, 9.17) is 4.74 Å². The molecule has 0 fully saturated rings. The van der Waals surface area contributed by atoms with Crippen LogP contribution in [-0.2, 0) is 0 Å². The van der Waals surface area contributed by atoms with Gasteiger partial charge in [0.05, 0.1) is 17.8 Å². The van der Waals surface area contributed by atoms with E-state index in [1.165, 1.54) is 16.3 Å². The summed E-state index contributed by atoms with van der Waals surface area (Å²) >= 11 is 0. The lowest BCUT2D eigenvalue weighted by Crippen LogP contribution is -2.37. The first-order valence-electron chi connectivity index (χ1n) is 11.9. The second-order valence-electron chi connectivity index (χ2n) is 9.07. The average Bonchev–Trinajstić information content (AvgIpc) is 2.88. The Kier molecular flexibility index (Phi) is 7.62. The van der Waals surface area contributed by atoms with Crippen LogP contribution in [0.25, 0.3) is 10.8 Å². The van der Waals surface area contributed by atoms with E-state index in [-0.39, 0.29) is 18.5 Å². The van der Waals surface area contributed by atoms with Crippen molar-refractivity contribution in [1.29, 1.82) is 0 Å². The molecule has 0 radical (unpaired) electrons. The van der Waals surface area contributed by atoms with E-state index < -0.39 is 5.97 Å². The number of ether oxygens (including phenoxy) is 1. The molecule has 1 N–H and O–H groups in total. The minimum Gasteiger partial charge on any atom is -0.486 e. The van der Waals surface area contributed by atoms with Crippen LogP contribution < -0.4 is 9.64 Å². The summed E-state index contributed by atoms with van der Waals surface area (Å²) in [6.07, 6.45) is 3.22. The van der Waals surface area contributed by atoms with Gasteiger partial charge < -0.3 is 14.7 Å². The van der Waals surface area contributed by atoms with Gasteiger partial charge in [-0.1, -0.05) is 61.5 Å². The van der Waals surface area contributed by atoms with Crippen molar-refractivity contribution in [3.8, 4) is 5.75 Å². The van der Waals surface area contributed by atoms with Crippen LogP contribution in [-0.4, -0.2) is 23.7 Å². The number of carboxylic acid groups (broad SMARTS) is 1. The fourth-order valence-electron chi connectivity index (χ4n) is 4.96. The Hall–Kier alpha value is -3.50. The fourth-order valence-corrected chi connectivity index (χ4v) is 4.96. The van der Waals surface area contributed by atoms with Gasteiger partial charge in [-0.05, 0) is 77.9 Å². The van der Waals surface area contributed by atoms with Gasteiger partial charge in [0, 0.05) is 5.69 Å². The highest BCUT2D eigenvalue weighted by molar-refractivity contribution is 5.88. The first-order chi connectivity index (χ1) is 16.6. The maximum Gasteiger partial charge on any atom is 0.335 e. The number of para-hydroxylation sites is 2. The molecule has 5 heteroatoms. The number of halogens is 1. The number of fused-ring (bicyclic) bond motifs is 2. The topological polar surface area (TPSA) is 49.8 Å². The van der Waals surface area contributed by atoms with Gasteiger partial charge in [0.2, 0.25) is 0 Å². The molecule has 4 aromatic carbocycles. The lowest BCUT2D eigenvalue weighted by molar-refractivity contribution is 0.0697. The molecular formula is C30H30ClNO3. The molecule has 4 nitrogen and oxygen atoms in total. The summed E-state index contributed by atoms with van der Waals surface area (Å²) in [6.45, 7) is 3.06. The van der Waals surface area contributed by atoms with E-state index in [2.05, 4.69) is 60.4 Å². The van der Waals surface area contributed by atoms with Gasteiger partial charge >= 0.3 is 5.97 Å². The number of aromatic carboxylic acids is 1. The fraction of sp³-hybridized carbons (Fsp3) is 0.233. The number of rotatable bonds is 7. The van der Waals surface area contributed by atoms with Gasteiger partial charge in [-0.15, -0.1) is 12.4 Å². The smallest absolute Gasteiger partial charge is 0.335 e. The van der Waals surface area contributed by atoms with E-state index >= 15 is 0 Å². The van der Waals surface area contributed by atoms with Crippen molar-refractivity contribution in [2.24, 2.45) is 0 Å². The lowest BCUT2D eigenvalue weighted by atomic mass is 9.90. The van der Waals surface area contributed by atoms with Crippen molar-refractivity contribution in [3.63, 3.8) is 0 Å². The zero-order valence-electron chi connectivity index (χ0n) is 19.8. The molecule has 0 saturated carbocycles. The van der Waals surface area contributed by atoms with Gasteiger partial charge in [-0.2, -0.15) is 0 Å². The van der Waals surface area contributed by atoms with Crippen LogP contribution in [0.4, 0.5) is 11.4 Å². The number of carbonyl (C=O) groups is 1. The SMILES string of the molecule is C[C@@H](CCCC1CN(c2ccc(C(=O)O)cc2)c2ccccc2O1)c1cccc2ccccc12.Cl. The van der Waals surface area contributed by atoms with Gasteiger partial charge in [0.25, 0.3) is 0 Å². The quantitative estimate of drug-likeness (QED) is 0.288. The van der Waals surface area contributed by atoms with Gasteiger partial charge in [-0.3, -0.25) is 0 Å². The third-order valence-electron chi connectivity index (χ3n) is 6.78. The first-order valence-corrected chi connectivity index (χ1v) is 11.9. The molecule has 1 unspecified atom stereocenters. The predicted octanol–water partition coefficient (Wildman–Crippen LogP) is 7.83. The largest absolute Gasteiger partial charge is 0.486 e. The molecule has 1 aliphatic heterocycles. The normalized spacial score (nSPS) is 15.6. The summed E-state index contributed by atoms with van der Waals surface area (Å²) in [6, 6.07) is 30.3. The molecule has 0 saturated heterocycles. The summed E-state index contributed by atoms with van der Waals surface area (Å²) in [4.78, 5) is 13.5. The molecule has 1 heterocycles. The molecule has 35 heavy (non-hydrogen) atoms. The van der Waals surface area contributed by atoms with Crippen molar-refractivity contribution in [1.82, 2.24) is 0 Å². The van der Waals surface area contributed by atoms with E-state index in [9.17, 15) is 9.90 Å². The highest BCUT2D eigenvalue weighted by Gasteiger charge is 2.26. The van der Waals surface area contributed by atoms with Crippen LogP contribution in [0, 0.1) is 0 Å². The Morgan fingerprint density at radius 1 is 0.971 bits per heavy atom. The number of hydrogen-bond acceptors (Lipinski definition) is 3. The van der Waals surface area contributed by atoms with Crippen molar-refractivity contribution >= 4 is 40.5 Å². The van der Waals surface area contributed by atoms with Crippen molar-refractivity contribution in [2.75, 3.05) is 11.4 Å². The van der Waals surface area contributed by atoms with Crippen LogP contribution >= 0.6 is 12.4 Å². The Bertz CT molecular complexity index is 1300. The Morgan fingerprint density at radius 3 is 2.49 bits per heavy atom. The third-order valence-corrected chi connectivity index (χ3v) is 6.78.